The zero-order valence-corrected chi connectivity index (χ0v) is 10.5. The van der Waals surface area contributed by atoms with Gasteiger partial charge in [0.2, 0.25) is 0 Å². The van der Waals surface area contributed by atoms with Crippen LogP contribution >= 0.6 is 0 Å². The molecule has 2 aromatic rings. The molecule has 2 rings (SSSR count). The number of carboxylic acids is 1. The number of H-pyrrole nitrogens is 3. The third kappa shape index (κ3) is 3.65. The highest BCUT2D eigenvalue weighted by molar-refractivity contribution is 5.94. The van der Waals surface area contributed by atoms with Crippen LogP contribution in [0.2, 0.25) is 0 Å². The molecule has 0 aliphatic heterocycles. The van der Waals surface area contributed by atoms with Gasteiger partial charge in [-0.05, 0) is 0 Å². The van der Waals surface area contributed by atoms with Crippen LogP contribution in [-0.2, 0) is 11.2 Å². The average molecular weight is 293 g/mol. The third-order valence-corrected chi connectivity index (χ3v) is 2.59. The van der Waals surface area contributed by atoms with E-state index in [2.05, 4.69) is 20.3 Å². The summed E-state index contributed by atoms with van der Waals surface area (Å²) in [7, 11) is 0. The number of aromatic amines is 3. The van der Waals surface area contributed by atoms with Crippen molar-refractivity contribution in [1.82, 2.24) is 25.3 Å². The number of hydrogen-bond acceptors (Lipinski definition) is 5. The molecule has 0 radical (unpaired) electrons. The molecule has 0 saturated carbocycles. The number of carbonyl (C=O) groups excluding carboxylic acids is 1. The van der Waals surface area contributed by atoms with Gasteiger partial charge in [-0.2, -0.15) is 0 Å². The lowest BCUT2D eigenvalue weighted by atomic mass is 10.1. The number of aromatic nitrogens is 4. The Labute approximate surface area is 116 Å². The monoisotopic (exact) mass is 293 g/mol. The van der Waals surface area contributed by atoms with E-state index >= 15 is 0 Å². The lowest BCUT2D eigenvalue weighted by molar-refractivity contribution is -0.139. The van der Waals surface area contributed by atoms with E-state index in [0.717, 1.165) is 6.07 Å². The van der Waals surface area contributed by atoms with Crippen LogP contribution in [0.5, 0.6) is 0 Å². The van der Waals surface area contributed by atoms with Crippen LogP contribution in [0.15, 0.2) is 28.2 Å². The van der Waals surface area contributed by atoms with Crippen molar-refractivity contribution < 1.29 is 14.7 Å². The van der Waals surface area contributed by atoms with Gasteiger partial charge in [-0.1, -0.05) is 0 Å². The van der Waals surface area contributed by atoms with Gasteiger partial charge in [-0.25, -0.2) is 14.6 Å². The molecule has 0 aliphatic carbocycles. The van der Waals surface area contributed by atoms with Crippen LogP contribution in [0.4, 0.5) is 0 Å². The maximum Gasteiger partial charge on any atom is 0.326 e. The van der Waals surface area contributed by atoms with Gasteiger partial charge in [0.1, 0.15) is 11.7 Å². The molecule has 0 aliphatic rings. The van der Waals surface area contributed by atoms with E-state index in [0.29, 0.717) is 5.69 Å². The summed E-state index contributed by atoms with van der Waals surface area (Å²) < 4.78 is 0. The van der Waals surface area contributed by atoms with E-state index in [4.69, 9.17) is 5.11 Å². The lowest BCUT2D eigenvalue weighted by Crippen LogP contribution is -2.43. The molecule has 2 heterocycles. The van der Waals surface area contributed by atoms with E-state index in [-0.39, 0.29) is 12.1 Å². The van der Waals surface area contributed by atoms with Crippen molar-refractivity contribution in [3.8, 4) is 0 Å². The first-order valence-electron chi connectivity index (χ1n) is 5.80. The highest BCUT2D eigenvalue weighted by atomic mass is 16.4. The molecular formula is C11H11N5O5. The topological polar surface area (TPSA) is 161 Å². The first kappa shape index (κ1) is 14.2. The Morgan fingerprint density at radius 2 is 2.10 bits per heavy atom. The Hall–Kier alpha value is -3.17. The largest absolute Gasteiger partial charge is 0.480 e. The summed E-state index contributed by atoms with van der Waals surface area (Å²) in [6, 6.07) is -0.369. The van der Waals surface area contributed by atoms with Crippen LogP contribution in [0.3, 0.4) is 0 Å². The SMILES string of the molecule is O=C(NC(Cc1cnc[nH]1)C(=O)O)c1cc(=O)[nH]c(=O)[nH]1. The van der Waals surface area contributed by atoms with E-state index in [1.54, 1.807) is 0 Å². The fourth-order valence-corrected chi connectivity index (χ4v) is 1.64. The quantitative estimate of drug-likeness (QED) is 0.437. The summed E-state index contributed by atoms with van der Waals surface area (Å²) in [5, 5.41) is 11.3. The van der Waals surface area contributed by atoms with Gasteiger partial charge < -0.3 is 20.4 Å². The number of nitrogens with zero attached hydrogens (tertiary/aromatic N) is 1. The van der Waals surface area contributed by atoms with Gasteiger partial charge in [-0.3, -0.25) is 14.6 Å². The molecule has 0 saturated heterocycles. The molecular weight excluding hydrogens is 282 g/mol. The van der Waals surface area contributed by atoms with Crippen LogP contribution < -0.4 is 16.6 Å². The van der Waals surface area contributed by atoms with Crippen molar-refractivity contribution in [2.75, 3.05) is 0 Å². The summed E-state index contributed by atoms with van der Waals surface area (Å²) >= 11 is 0. The number of carbonyl (C=O) groups is 2. The predicted molar refractivity (Wildman–Crippen MR) is 68.9 cm³/mol. The minimum absolute atomic E-state index is 0.0193. The predicted octanol–water partition coefficient (Wildman–Crippen LogP) is -1.79. The zero-order valence-electron chi connectivity index (χ0n) is 10.5. The van der Waals surface area contributed by atoms with Crippen molar-refractivity contribution >= 4 is 11.9 Å². The zero-order chi connectivity index (χ0) is 15.4. The molecule has 1 atom stereocenters. The smallest absolute Gasteiger partial charge is 0.326 e. The fraction of sp³-hybridized carbons (Fsp3) is 0.182. The first-order chi connectivity index (χ1) is 9.95. The molecule has 2 aromatic heterocycles. The minimum Gasteiger partial charge on any atom is -0.480 e. The molecule has 1 amide bonds. The van der Waals surface area contributed by atoms with Crippen LogP contribution in [0, 0.1) is 0 Å². The normalized spacial score (nSPS) is 11.8. The van der Waals surface area contributed by atoms with Crippen LogP contribution in [-0.4, -0.2) is 43.0 Å². The Bertz CT molecular complexity index is 732. The fourth-order valence-electron chi connectivity index (χ4n) is 1.64. The average Bonchev–Trinajstić information content (AvgIpc) is 2.89. The van der Waals surface area contributed by atoms with E-state index < -0.39 is 29.2 Å². The Kier molecular flexibility index (Phi) is 3.97. The molecule has 5 N–H and O–H groups in total. The van der Waals surface area contributed by atoms with Gasteiger partial charge in [0.05, 0.1) is 6.33 Å². The number of rotatable bonds is 5. The molecule has 21 heavy (non-hydrogen) atoms. The summed E-state index contributed by atoms with van der Waals surface area (Å²) in [6.07, 6.45) is 2.79. The van der Waals surface area contributed by atoms with Gasteiger partial charge in [0.15, 0.2) is 0 Å². The number of hydrogen-bond donors (Lipinski definition) is 5. The number of aliphatic carboxylic acids is 1. The third-order valence-electron chi connectivity index (χ3n) is 2.59. The molecule has 1 unspecified atom stereocenters. The Morgan fingerprint density at radius 1 is 1.33 bits per heavy atom. The lowest BCUT2D eigenvalue weighted by Gasteiger charge is -2.13. The van der Waals surface area contributed by atoms with Gasteiger partial charge in [-0.15, -0.1) is 0 Å². The van der Waals surface area contributed by atoms with Gasteiger partial charge >= 0.3 is 11.7 Å². The molecule has 10 heteroatoms. The Morgan fingerprint density at radius 3 is 2.67 bits per heavy atom. The highest BCUT2D eigenvalue weighted by Crippen LogP contribution is 2.00. The molecule has 0 bridgehead atoms. The number of carboxylic acid groups (broad SMARTS) is 1. The van der Waals surface area contributed by atoms with Crippen molar-refractivity contribution in [1.29, 1.82) is 0 Å². The maximum atomic E-state index is 11.9. The molecule has 0 fully saturated rings. The first-order valence-corrected chi connectivity index (χ1v) is 5.80. The van der Waals surface area contributed by atoms with E-state index in [9.17, 15) is 19.2 Å². The summed E-state index contributed by atoms with van der Waals surface area (Å²) in [5.74, 6) is -2.13. The maximum absolute atomic E-state index is 11.9. The second-order valence-electron chi connectivity index (χ2n) is 4.15. The second kappa shape index (κ2) is 5.86. The summed E-state index contributed by atoms with van der Waals surface area (Å²) in [4.78, 5) is 55.7. The van der Waals surface area contributed by atoms with Gasteiger partial charge in [0.25, 0.3) is 11.5 Å². The number of nitrogens with one attached hydrogen (secondary N) is 4. The molecule has 10 nitrogen and oxygen atoms in total. The van der Waals surface area contributed by atoms with Crippen LogP contribution in [0.25, 0.3) is 0 Å². The summed E-state index contributed by atoms with van der Waals surface area (Å²) in [6.45, 7) is 0. The highest BCUT2D eigenvalue weighted by Gasteiger charge is 2.22. The number of amides is 1. The second-order valence-corrected chi connectivity index (χ2v) is 4.15. The summed E-state index contributed by atoms with van der Waals surface area (Å²) in [5.41, 5.74) is -1.42. The van der Waals surface area contributed by atoms with Crippen molar-refractivity contribution in [3.63, 3.8) is 0 Å². The molecule has 0 spiro atoms. The Balaban J connectivity index is 2.16. The van der Waals surface area contributed by atoms with E-state index in [1.807, 2.05) is 4.98 Å². The van der Waals surface area contributed by atoms with Crippen molar-refractivity contribution in [2.45, 2.75) is 12.5 Å². The van der Waals surface area contributed by atoms with E-state index in [1.165, 1.54) is 12.5 Å². The molecule has 110 valence electrons. The van der Waals surface area contributed by atoms with Crippen LogP contribution in [0.1, 0.15) is 16.2 Å². The van der Waals surface area contributed by atoms with Crippen molar-refractivity contribution in [2.24, 2.45) is 0 Å². The van der Waals surface area contributed by atoms with Crippen molar-refractivity contribution in [3.05, 3.63) is 50.8 Å². The van der Waals surface area contributed by atoms with Gasteiger partial charge in [0, 0.05) is 24.4 Å². The minimum atomic E-state index is -1.26. The number of imidazole rings is 1. The standard InChI is InChI=1S/C11H11N5O5/c17-8-2-6(15-11(21)16-8)9(18)14-7(10(19)20)1-5-3-12-4-13-5/h2-4,7H,1H2,(H,12,13)(H,14,18)(H,19,20)(H2,15,16,17,21). The molecule has 0 aromatic carbocycles.